The minimum absolute atomic E-state index is 0.00222. The second-order valence-corrected chi connectivity index (χ2v) is 6.09. The van der Waals surface area contributed by atoms with Gasteiger partial charge in [0.25, 0.3) is 0 Å². The third-order valence-corrected chi connectivity index (χ3v) is 4.85. The molecule has 0 saturated carbocycles. The number of carbonyl (C=O) groups is 1. The van der Waals surface area contributed by atoms with Gasteiger partial charge in [0.1, 0.15) is 10.7 Å². The van der Waals surface area contributed by atoms with Crippen LogP contribution < -0.4 is 0 Å². The highest BCUT2D eigenvalue weighted by atomic mass is 32.2. The normalized spacial score (nSPS) is 20.5. The second-order valence-electron chi connectivity index (χ2n) is 4.19. The first-order valence-electron chi connectivity index (χ1n) is 5.71. The number of sulfonamides is 1. The summed E-state index contributed by atoms with van der Waals surface area (Å²) >= 11 is 0. The Kier molecular flexibility index (Phi) is 3.80. The lowest BCUT2D eigenvalue weighted by molar-refractivity contribution is 0.0311. The summed E-state index contributed by atoms with van der Waals surface area (Å²) < 4.78 is 35.9. The van der Waals surface area contributed by atoms with Gasteiger partial charge in [0.2, 0.25) is 15.8 Å². The van der Waals surface area contributed by atoms with E-state index in [1.807, 2.05) is 6.07 Å². The van der Waals surface area contributed by atoms with Crippen LogP contribution in [0, 0.1) is 18.3 Å². The fourth-order valence-electron chi connectivity index (χ4n) is 1.89. The van der Waals surface area contributed by atoms with E-state index in [4.69, 9.17) is 19.5 Å². The Balaban J connectivity index is 2.35. The molecule has 1 fully saturated rings. The number of hydrogen-bond donors (Lipinski definition) is 1. The van der Waals surface area contributed by atoms with Crippen molar-refractivity contribution in [2.45, 2.75) is 17.9 Å². The maximum absolute atomic E-state index is 12.4. The van der Waals surface area contributed by atoms with Crippen molar-refractivity contribution in [3.63, 3.8) is 0 Å². The molecular weight excluding hydrogens is 288 g/mol. The summed E-state index contributed by atoms with van der Waals surface area (Å²) in [5.41, 5.74) is 0. The van der Waals surface area contributed by atoms with E-state index in [1.165, 1.54) is 6.92 Å². The lowest BCUT2D eigenvalue weighted by Gasteiger charge is -2.28. The van der Waals surface area contributed by atoms with E-state index >= 15 is 0 Å². The number of ether oxygens (including phenoxy) is 1. The number of rotatable bonds is 3. The van der Waals surface area contributed by atoms with Crippen LogP contribution in [0.1, 0.15) is 16.3 Å². The molecule has 2 rings (SSSR count). The summed E-state index contributed by atoms with van der Waals surface area (Å²) in [5.74, 6) is -1.78. The molecule has 20 heavy (non-hydrogen) atoms. The fourth-order valence-corrected chi connectivity index (χ4v) is 3.47. The Hall–Kier alpha value is -1.89. The molecule has 8 nitrogen and oxygen atoms in total. The van der Waals surface area contributed by atoms with Crippen LogP contribution in [0.25, 0.3) is 0 Å². The summed E-state index contributed by atoms with van der Waals surface area (Å²) in [6.45, 7) is 1.50. The molecule has 1 aromatic rings. The first-order valence-corrected chi connectivity index (χ1v) is 7.15. The summed E-state index contributed by atoms with van der Waals surface area (Å²) in [5, 5.41) is 17.6. The van der Waals surface area contributed by atoms with Gasteiger partial charge < -0.3 is 14.3 Å². The molecule has 0 bridgehead atoms. The molecule has 1 saturated heterocycles. The zero-order chi connectivity index (χ0) is 14.9. The zero-order valence-electron chi connectivity index (χ0n) is 10.6. The van der Waals surface area contributed by atoms with Crippen molar-refractivity contribution in [1.29, 1.82) is 5.26 Å². The van der Waals surface area contributed by atoms with Gasteiger partial charge in [0.15, 0.2) is 6.10 Å². The van der Waals surface area contributed by atoms with Gasteiger partial charge in [-0.15, -0.1) is 0 Å². The molecule has 1 aromatic heterocycles. The Morgan fingerprint density at radius 1 is 1.60 bits per heavy atom. The summed E-state index contributed by atoms with van der Waals surface area (Å²) in [4.78, 5) is 10.6. The number of hydrogen-bond acceptors (Lipinski definition) is 6. The molecule has 0 spiro atoms. The third kappa shape index (κ3) is 2.53. The molecule has 0 amide bonds. The molecule has 9 heteroatoms. The Bertz CT molecular complexity index is 672. The Morgan fingerprint density at radius 3 is 2.85 bits per heavy atom. The quantitative estimate of drug-likeness (QED) is 0.846. The fraction of sp³-hybridized carbons (Fsp3) is 0.455. The van der Waals surface area contributed by atoms with Gasteiger partial charge in [0, 0.05) is 12.6 Å². The van der Waals surface area contributed by atoms with E-state index in [0.29, 0.717) is 0 Å². The van der Waals surface area contributed by atoms with Crippen LogP contribution in [0.2, 0.25) is 0 Å². The molecule has 1 unspecified atom stereocenters. The number of aryl methyl sites for hydroxylation is 1. The maximum Gasteiger partial charge on any atom is 0.371 e. The van der Waals surface area contributed by atoms with E-state index in [9.17, 15) is 13.2 Å². The zero-order valence-corrected chi connectivity index (χ0v) is 11.4. The summed E-state index contributed by atoms with van der Waals surface area (Å²) in [6.07, 6.45) is -0.829. The number of nitriles is 1. The van der Waals surface area contributed by atoms with Crippen molar-refractivity contribution >= 4 is 16.0 Å². The minimum Gasteiger partial charge on any atom is -0.475 e. The number of aromatic carboxylic acids is 1. The first kappa shape index (κ1) is 14.5. The van der Waals surface area contributed by atoms with Crippen LogP contribution in [-0.2, 0) is 14.8 Å². The SMILES string of the molecule is Cc1oc(C(=O)O)cc1S(=O)(=O)N1CCOC(C#N)C1. The lowest BCUT2D eigenvalue weighted by Crippen LogP contribution is -2.45. The monoisotopic (exact) mass is 300 g/mol. The summed E-state index contributed by atoms with van der Waals surface area (Å²) in [6, 6.07) is 2.83. The topological polar surface area (TPSA) is 121 Å². The number of carboxylic acid groups (broad SMARTS) is 1. The van der Waals surface area contributed by atoms with E-state index in [0.717, 1.165) is 10.4 Å². The molecule has 1 N–H and O–H groups in total. The van der Waals surface area contributed by atoms with Crippen LogP contribution >= 0.6 is 0 Å². The van der Waals surface area contributed by atoms with Crippen molar-refractivity contribution < 1.29 is 27.5 Å². The van der Waals surface area contributed by atoms with Gasteiger partial charge >= 0.3 is 5.97 Å². The van der Waals surface area contributed by atoms with E-state index < -0.39 is 27.9 Å². The largest absolute Gasteiger partial charge is 0.475 e. The lowest BCUT2D eigenvalue weighted by atomic mass is 10.3. The van der Waals surface area contributed by atoms with E-state index in [2.05, 4.69) is 0 Å². The van der Waals surface area contributed by atoms with Gasteiger partial charge in [-0.05, 0) is 6.92 Å². The molecule has 1 aliphatic rings. The molecule has 0 aliphatic carbocycles. The molecule has 1 aliphatic heterocycles. The number of morpholine rings is 1. The number of carboxylic acids is 1. The van der Waals surface area contributed by atoms with Gasteiger partial charge in [-0.25, -0.2) is 13.2 Å². The van der Waals surface area contributed by atoms with Gasteiger partial charge in [-0.1, -0.05) is 0 Å². The van der Waals surface area contributed by atoms with Gasteiger partial charge in [-0.2, -0.15) is 9.57 Å². The molecule has 0 aromatic carbocycles. The summed E-state index contributed by atoms with van der Waals surface area (Å²) in [7, 11) is -3.90. The van der Waals surface area contributed by atoms with Gasteiger partial charge in [0.05, 0.1) is 19.2 Å². The van der Waals surface area contributed by atoms with Crippen molar-refractivity contribution in [2.75, 3.05) is 19.7 Å². The molecular formula is C11H12N2O6S. The Labute approximate surface area is 115 Å². The van der Waals surface area contributed by atoms with E-state index in [-0.39, 0.29) is 30.4 Å². The minimum atomic E-state index is -3.90. The highest BCUT2D eigenvalue weighted by molar-refractivity contribution is 7.89. The van der Waals surface area contributed by atoms with Crippen LogP contribution in [0.3, 0.4) is 0 Å². The highest BCUT2D eigenvalue weighted by Crippen LogP contribution is 2.25. The predicted molar refractivity (Wildman–Crippen MR) is 64.5 cm³/mol. The van der Waals surface area contributed by atoms with Crippen LogP contribution in [0.5, 0.6) is 0 Å². The average molecular weight is 300 g/mol. The third-order valence-electron chi connectivity index (χ3n) is 2.87. The standard InChI is InChI=1S/C11H12N2O6S/c1-7-10(4-9(19-7)11(14)15)20(16,17)13-2-3-18-8(5-12)6-13/h4,8H,2-3,6H2,1H3,(H,14,15). The van der Waals surface area contributed by atoms with Crippen LogP contribution in [0.15, 0.2) is 15.4 Å². The average Bonchev–Trinajstić information content (AvgIpc) is 2.82. The Morgan fingerprint density at radius 2 is 2.30 bits per heavy atom. The maximum atomic E-state index is 12.4. The van der Waals surface area contributed by atoms with Crippen molar-refractivity contribution in [1.82, 2.24) is 4.31 Å². The highest BCUT2D eigenvalue weighted by Gasteiger charge is 2.34. The molecule has 1 atom stereocenters. The van der Waals surface area contributed by atoms with E-state index in [1.54, 1.807) is 0 Å². The molecule has 108 valence electrons. The van der Waals surface area contributed by atoms with Gasteiger partial charge in [-0.3, -0.25) is 0 Å². The number of furan rings is 1. The first-order chi connectivity index (χ1) is 9.36. The second kappa shape index (κ2) is 5.24. The molecule has 2 heterocycles. The number of nitrogens with zero attached hydrogens (tertiary/aromatic N) is 2. The molecule has 0 radical (unpaired) electrons. The van der Waals surface area contributed by atoms with Crippen LogP contribution in [-0.4, -0.2) is 49.6 Å². The van der Waals surface area contributed by atoms with Crippen molar-refractivity contribution in [2.24, 2.45) is 0 Å². The smallest absolute Gasteiger partial charge is 0.371 e. The van der Waals surface area contributed by atoms with Crippen LogP contribution in [0.4, 0.5) is 0 Å². The van der Waals surface area contributed by atoms with Crippen molar-refractivity contribution in [3.05, 3.63) is 17.6 Å². The predicted octanol–water partition coefficient (Wildman–Crippen LogP) is 0.199. The van der Waals surface area contributed by atoms with Crippen molar-refractivity contribution in [3.8, 4) is 6.07 Å².